The molecule has 0 amide bonds. The molecule has 0 aliphatic rings. The molecule has 0 saturated carbocycles. The fraction of sp³-hybridized carbons (Fsp3) is 0.143. The maximum atomic E-state index is 12.7. The van der Waals surface area contributed by atoms with Crippen LogP contribution in [0.1, 0.15) is 0 Å². The van der Waals surface area contributed by atoms with E-state index in [1.165, 1.54) is 12.3 Å². The molecule has 0 aliphatic carbocycles. The Hall–Kier alpha value is -0.970. The van der Waals surface area contributed by atoms with Crippen LogP contribution >= 0.6 is 15.9 Å². The van der Waals surface area contributed by atoms with Crippen LogP contribution in [0.15, 0.2) is 16.9 Å². The Morgan fingerprint density at radius 2 is 2.33 bits per heavy atom. The largest absolute Gasteiger partial charge is 0.249 e. The Kier molecular flexibility index (Phi) is 1.61. The number of halogens is 2. The summed E-state index contributed by atoms with van der Waals surface area (Å²) in [5.74, 6) is -0.351. The maximum absolute atomic E-state index is 12.7. The predicted octanol–water partition coefficient (Wildman–Crippen LogP) is 1.87. The second-order valence-electron chi connectivity index (χ2n) is 2.44. The number of aryl methyl sites for hydroxylation is 1. The van der Waals surface area contributed by atoms with Gasteiger partial charge in [-0.15, -0.1) is 0 Å². The summed E-state index contributed by atoms with van der Waals surface area (Å²) in [6.45, 7) is 0. The van der Waals surface area contributed by atoms with E-state index in [0.717, 1.165) is 0 Å². The molecule has 12 heavy (non-hydrogen) atoms. The van der Waals surface area contributed by atoms with E-state index in [1.54, 1.807) is 11.7 Å². The lowest BCUT2D eigenvalue weighted by Crippen LogP contribution is -1.91. The first-order chi connectivity index (χ1) is 5.68. The van der Waals surface area contributed by atoms with Crippen molar-refractivity contribution in [2.75, 3.05) is 0 Å². The van der Waals surface area contributed by atoms with Crippen molar-refractivity contribution in [3.05, 3.63) is 22.7 Å². The standard InChI is InChI=1S/C7H5BrFN3/c1-12-7-5(6(8)11-12)2-4(9)3-10-7/h2-3H,1H3. The van der Waals surface area contributed by atoms with E-state index in [0.29, 0.717) is 15.6 Å². The van der Waals surface area contributed by atoms with Crippen LogP contribution in [0.5, 0.6) is 0 Å². The van der Waals surface area contributed by atoms with Gasteiger partial charge in [-0.2, -0.15) is 5.10 Å². The van der Waals surface area contributed by atoms with E-state index in [4.69, 9.17) is 0 Å². The van der Waals surface area contributed by atoms with Crippen LogP contribution in [0.3, 0.4) is 0 Å². The lowest BCUT2D eigenvalue weighted by atomic mass is 10.3. The molecule has 2 rings (SSSR count). The molecule has 0 aromatic carbocycles. The summed E-state index contributed by atoms with van der Waals surface area (Å²) in [6.07, 6.45) is 1.18. The zero-order valence-corrected chi connectivity index (χ0v) is 7.84. The molecule has 3 nitrogen and oxygen atoms in total. The quantitative estimate of drug-likeness (QED) is 0.691. The second kappa shape index (κ2) is 2.52. The number of nitrogens with zero attached hydrogens (tertiary/aromatic N) is 3. The molecule has 0 fully saturated rings. The molecule has 2 aromatic heterocycles. The third-order valence-electron chi connectivity index (χ3n) is 1.60. The van der Waals surface area contributed by atoms with Gasteiger partial charge in [0.25, 0.3) is 0 Å². The first kappa shape index (κ1) is 7.67. The Morgan fingerprint density at radius 3 is 3.08 bits per heavy atom. The molecule has 2 aromatic rings. The zero-order valence-electron chi connectivity index (χ0n) is 6.25. The average Bonchev–Trinajstić information content (AvgIpc) is 2.28. The number of rotatable bonds is 0. The maximum Gasteiger partial charge on any atom is 0.158 e. The van der Waals surface area contributed by atoms with E-state index in [-0.39, 0.29) is 5.82 Å². The van der Waals surface area contributed by atoms with Crippen LogP contribution in [0.4, 0.5) is 4.39 Å². The summed E-state index contributed by atoms with van der Waals surface area (Å²) in [5, 5.41) is 4.73. The van der Waals surface area contributed by atoms with Crippen molar-refractivity contribution < 1.29 is 4.39 Å². The van der Waals surface area contributed by atoms with E-state index in [2.05, 4.69) is 26.0 Å². The second-order valence-corrected chi connectivity index (χ2v) is 3.19. The molecule has 5 heteroatoms. The predicted molar refractivity (Wildman–Crippen MR) is 46.2 cm³/mol. The molecule has 0 saturated heterocycles. The molecule has 0 atom stereocenters. The van der Waals surface area contributed by atoms with E-state index < -0.39 is 0 Å². The van der Waals surface area contributed by atoms with Gasteiger partial charge in [0.15, 0.2) is 5.65 Å². The molecule has 0 N–H and O–H groups in total. The lowest BCUT2D eigenvalue weighted by molar-refractivity contribution is 0.623. The molecule has 0 bridgehead atoms. The van der Waals surface area contributed by atoms with E-state index in [9.17, 15) is 4.39 Å². The number of fused-ring (bicyclic) bond motifs is 1. The normalized spacial score (nSPS) is 10.9. The minimum Gasteiger partial charge on any atom is -0.249 e. The van der Waals surface area contributed by atoms with Crippen molar-refractivity contribution in [2.24, 2.45) is 7.05 Å². The SMILES string of the molecule is Cn1nc(Br)c2cc(F)cnc21. The van der Waals surface area contributed by atoms with Gasteiger partial charge in [0.05, 0.1) is 11.6 Å². The van der Waals surface area contributed by atoms with Crippen LogP contribution in [-0.4, -0.2) is 14.8 Å². The van der Waals surface area contributed by atoms with E-state index in [1.807, 2.05) is 0 Å². The molecular weight excluding hydrogens is 225 g/mol. The summed E-state index contributed by atoms with van der Waals surface area (Å²) in [4.78, 5) is 3.90. The van der Waals surface area contributed by atoms with Gasteiger partial charge < -0.3 is 0 Å². The number of hydrogen-bond acceptors (Lipinski definition) is 2. The van der Waals surface area contributed by atoms with Crippen molar-refractivity contribution in [1.29, 1.82) is 0 Å². The van der Waals surface area contributed by atoms with Crippen molar-refractivity contribution in [3.8, 4) is 0 Å². The topological polar surface area (TPSA) is 30.7 Å². The molecule has 0 spiro atoms. The number of hydrogen-bond donors (Lipinski definition) is 0. The highest BCUT2D eigenvalue weighted by molar-refractivity contribution is 9.10. The number of pyridine rings is 1. The summed E-state index contributed by atoms with van der Waals surface area (Å²) in [7, 11) is 1.76. The molecule has 0 aliphatic heterocycles. The first-order valence-electron chi connectivity index (χ1n) is 3.32. The van der Waals surface area contributed by atoms with Crippen LogP contribution in [0, 0.1) is 5.82 Å². The van der Waals surface area contributed by atoms with Crippen LogP contribution in [-0.2, 0) is 7.05 Å². The van der Waals surface area contributed by atoms with Gasteiger partial charge in [-0.25, -0.2) is 14.1 Å². The lowest BCUT2D eigenvalue weighted by Gasteiger charge is -1.90. The minimum absolute atomic E-state index is 0.351. The fourth-order valence-electron chi connectivity index (χ4n) is 1.07. The van der Waals surface area contributed by atoms with Gasteiger partial charge in [-0.05, 0) is 22.0 Å². The Balaban J connectivity index is 2.90. The van der Waals surface area contributed by atoms with Crippen LogP contribution in [0.25, 0.3) is 11.0 Å². The third kappa shape index (κ3) is 1.01. The minimum atomic E-state index is -0.351. The zero-order chi connectivity index (χ0) is 8.72. The smallest absolute Gasteiger partial charge is 0.158 e. The Morgan fingerprint density at radius 1 is 1.58 bits per heavy atom. The monoisotopic (exact) mass is 229 g/mol. The highest BCUT2D eigenvalue weighted by atomic mass is 79.9. The van der Waals surface area contributed by atoms with Gasteiger partial charge in [0, 0.05) is 7.05 Å². The highest BCUT2D eigenvalue weighted by Gasteiger charge is 2.07. The van der Waals surface area contributed by atoms with Crippen molar-refractivity contribution >= 4 is 27.0 Å². The molecule has 0 unspecified atom stereocenters. The molecule has 2 heterocycles. The van der Waals surface area contributed by atoms with Crippen LogP contribution in [0.2, 0.25) is 0 Å². The van der Waals surface area contributed by atoms with Crippen molar-refractivity contribution in [2.45, 2.75) is 0 Å². The summed E-state index contributed by atoms with van der Waals surface area (Å²) in [6, 6.07) is 1.40. The number of aromatic nitrogens is 3. The van der Waals surface area contributed by atoms with Crippen molar-refractivity contribution in [1.82, 2.24) is 14.8 Å². The third-order valence-corrected chi connectivity index (χ3v) is 2.19. The van der Waals surface area contributed by atoms with E-state index >= 15 is 0 Å². The van der Waals surface area contributed by atoms with Crippen molar-refractivity contribution in [3.63, 3.8) is 0 Å². The Labute approximate surface area is 76.3 Å². The van der Waals surface area contributed by atoms with Gasteiger partial charge in [0.1, 0.15) is 10.4 Å². The molecule has 0 radical (unpaired) electrons. The summed E-state index contributed by atoms with van der Waals surface area (Å²) >= 11 is 3.21. The van der Waals surface area contributed by atoms with Gasteiger partial charge in [0.2, 0.25) is 0 Å². The molecular formula is C7H5BrFN3. The average molecular weight is 230 g/mol. The van der Waals surface area contributed by atoms with Crippen LogP contribution < -0.4 is 0 Å². The summed E-state index contributed by atoms with van der Waals surface area (Å²) < 4.78 is 14.9. The Bertz CT molecular complexity index is 437. The van der Waals surface area contributed by atoms with Gasteiger partial charge in [-0.1, -0.05) is 0 Å². The first-order valence-corrected chi connectivity index (χ1v) is 4.11. The highest BCUT2D eigenvalue weighted by Crippen LogP contribution is 2.20. The summed E-state index contributed by atoms with van der Waals surface area (Å²) in [5.41, 5.74) is 0.670. The molecule has 62 valence electrons. The van der Waals surface area contributed by atoms with Gasteiger partial charge >= 0.3 is 0 Å². The fourth-order valence-corrected chi connectivity index (χ4v) is 1.60. The van der Waals surface area contributed by atoms with Gasteiger partial charge in [-0.3, -0.25) is 0 Å².